The SMILES string of the molecule is Cn1nc(-c2ccccc2[N+](=O)[O-])cc1N. The second-order valence-corrected chi connectivity index (χ2v) is 3.35. The average molecular weight is 218 g/mol. The molecular weight excluding hydrogens is 208 g/mol. The molecule has 16 heavy (non-hydrogen) atoms. The molecule has 1 aromatic carbocycles. The molecule has 0 aliphatic rings. The molecule has 0 fully saturated rings. The van der Waals surface area contributed by atoms with Crippen LogP contribution in [0.1, 0.15) is 0 Å². The molecule has 0 radical (unpaired) electrons. The fourth-order valence-electron chi connectivity index (χ4n) is 1.46. The summed E-state index contributed by atoms with van der Waals surface area (Å²) >= 11 is 0. The molecule has 0 saturated carbocycles. The van der Waals surface area contributed by atoms with Gasteiger partial charge in [0.25, 0.3) is 5.69 Å². The van der Waals surface area contributed by atoms with Crippen LogP contribution in [0, 0.1) is 10.1 Å². The van der Waals surface area contributed by atoms with Gasteiger partial charge in [-0.3, -0.25) is 14.8 Å². The quantitative estimate of drug-likeness (QED) is 0.612. The maximum atomic E-state index is 10.8. The van der Waals surface area contributed by atoms with Crippen molar-refractivity contribution in [2.45, 2.75) is 0 Å². The Morgan fingerprint density at radius 2 is 2.12 bits per heavy atom. The zero-order chi connectivity index (χ0) is 11.7. The summed E-state index contributed by atoms with van der Waals surface area (Å²) in [5.74, 6) is 0.466. The average Bonchev–Trinajstić information content (AvgIpc) is 2.59. The highest BCUT2D eigenvalue weighted by molar-refractivity contribution is 5.72. The Morgan fingerprint density at radius 3 is 2.69 bits per heavy atom. The Hall–Kier alpha value is -2.37. The lowest BCUT2D eigenvalue weighted by atomic mass is 10.1. The number of nitrogen functional groups attached to an aromatic ring is 1. The largest absolute Gasteiger partial charge is 0.384 e. The van der Waals surface area contributed by atoms with Crippen LogP contribution in [0.3, 0.4) is 0 Å². The standard InChI is InChI=1S/C10H10N4O2/c1-13-10(11)6-8(12-13)7-4-2-3-5-9(7)14(15)16/h2-6H,11H2,1H3. The van der Waals surface area contributed by atoms with Crippen LogP contribution in [0.4, 0.5) is 11.5 Å². The molecule has 0 saturated heterocycles. The molecule has 1 heterocycles. The number of nitro groups is 1. The van der Waals surface area contributed by atoms with E-state index in [1.165, 1.54) is 10.7 Å². The lowest BCUT2D eigenvalue weighted by Crippen LogP contribution is -1.97. The summed E-state index contributed by atoms with van der Waals surface area (Å²) in [6.45, 7) is 0. The van der Waals surface area contributed by atoms with Crippen LogP contribution >= 0.6 is 0 Å². The molecule has 2 rings (SSSR count). The maximum Gasteiger partial charge on any atom is 0.278 e. The van der Waals surface area contributed by atoms with Crippen LogP contribution in [0.15, 0.2) is 30.3 Å². The molecule has 0 aliphatic heterocycles. The third-order valence-electron chi connectivity index (χ3n) is 2.29. The van der Waals surface area contributed by atoms with E-state index in [1.807, 2.05) is 0 Å². The highest BCUT2D eigenvalue weighted by atomic mass is 16.6. The third kappa shape index (κ3) is 1.60. The molecule has 6 nitrogen and oxygen atoms in total. The van der Waals surface area contributed by atoms with Crippen molar-refractivity contribution in [1.82, 2.24) is 9.78 Å². The molecule has 6 heteroatoms. The van der Waals surface area contributed by atoms with Gasteiger partial charge in [-0.05, 0) is 6.07 Å². The molecule has 2 N–H and O–H groups in total. The van der Waals surface area contributed by atoms with Gasteiger partial charge in [0.15, 0.2) is 0 Å². The molecule has 0 aliphatic carbocycles. The molecule has 2 aromatic rings. The molecule has 82 valence electrons. The van der Waals surface area contributed by atoms with Crippen molar-refractivity contribution in [3.8, 4) is 11.3 Å². The monoisotopic (exact) mass is 218 g/mol. The summed E-state index contributed by atoms with van der Waals surface area (Å²) in [6, 6.07) is 8.06. The number of nitro benzene ring substituents is 1. The van der Waals surface area contributed by atoms with Crippen molar-refractivity contribution >= 4 is 11.5 Å². The molecule has 0 bridgehead atoms. The first kappa shape index (κ1) is 10.2. The van der Waals surface area contributed by atoms with Gasteiger partial charge in [0, 0.05) is 19.2 Å². The molecule has 1 aromatic heterocycles. The van der Waals surface area contributed by atoms with E-state index >= 15 is 0 Å². The summed E-state index contributed by atoms with van der Waals surface area (Å²) in [4.78, 5) is 10.4. The molecular formula is C10H10N4O2. The van der Waals surface area contributed by atoms with E-state index in [-0.39, 0.29) is 5.69 Å². The molecule has 0 amide bonds. The first-order chi connectivity index (χ1) is 7.59. The number of anilines is 1. The van der Waals surface area contributed by atoms with Gasteiger partial charge in [-0.1, -0.05) is 12.1 Å². The van der Waals surface area contributed by atoms with E-state index in [1.54, 1.807) is 31.3 Å². The minimum Gasteiger partial charge on any atom is -0.384 e. The Balaban J connectivity index is 2.59. The predicted molar refractivity (Wildman–Crippen MR) is 59.7 cm³/mol. The minimum atomic E-state index is -0.430. The van der Waals surface area contributed by atoms with E-state index < -0.39 is 4.92 Å². The number of hydrogen-bond donors (Lipinski definition) is 1. The zero-order valence-corrected chi connectivity index (χ0v) is 8.62. The van der Waals surface area contributed by atoms with Gasteiger partial charge in [-0.15, -0.1) is 0 Å². The van der Waals surface area contributed by atoms with Crippen LogP contribution in [-0.4, -0.2) is 14.7 Å². The van der Waals surface area contributed by atoms with Crippen LogP contribution in [0.2, 0.25) is 0 Å². The lowest BCUT2D eigenvalue weighted by Gasteiger charge is -1.97. The Kier molecular flexibility index (Phi) is 2.32. The van der Waals surface area contributed by atoms with Gasteiger partial charge < -0.3 is 5.73 Å². The zero-order valence-electron chi connectivity index (χ0n) is 8.62. The summed E-state index contributed by atoms with van der Waals surface area (Å²) < 4.78 is 1.48. The summed E-state index contributed by atoms with van der Waals surface area (Å²) in [5, 5.41) is 14.9. The summed E-state index contributed by atoms with van der Waals surface area (Å²) in [5.41, 5.74) is 6.64. The second-order valence-electron chi connectivity index (χ2n) is 3.35. The molecule has 0 spiro atoms. The van der Waals surface area contributed by atoms with Crippen molar-refractivity contribution < 1.29 is 4.92 Å². The number of nitrogens with two attached hydrogens (primary N) is 1. The van der Waals surface area contributed by atoms with E-state index in [4.69, 9.17) is 5.73 Å². The summed E-state index contributed by atoms with van der Waals surface area (Å²) in [7, 11) is 1.69. The van der Waals surface area contributed by atoms with Gasteiger partial charge in [-0.2, -0.15) is 5.10 Å². The number of aryl methyl sites for hydroxylation is 1. The van der Waals surface area contributed by atoms with Gasteiger partial charge in [-0.25, -0.2) is 0 Å². The number of nitrogens with zero attached hydrogens (tertiary/aromatic N) is 3. The van der Waals surface area contributed by atoms with Gasteiger partial charge in [0.2, 0.25) is 0 Å². The smallest absolute Gasteiger partial charge is 0.278 e. The topological polar surface area (TPSA) is 87.0 Å². The van der Waals surface area contributed by atoms with Crippen molar-refractivity contribution in [2.75, 3.05) is 5.73 Å². The van der Waals surface area contributed by atoms with Gasteiger partial charge >= 0.3 is 0 Å². The molecule has 0 unspecified atom stereocenters. The van der Waals surface area contributed by atoms with Crippen LogP contribution in [0.25, 0.3) is 11.3 Å². The first-order valence-corrected chi connectivity index (χ1v) is 4.63. The van der Waals surface area contributed by atoms with Gasteiger partial charge in [0.05, 0.1) is 10.5 Å². The summed E-state index contributed by atoms with van der Waals surface area (Å²) in [6.07, 6.45) is 0. The fourth-order valence-corrected chi connectivity index (χ4v) is 1.46. The highest BCUT2D eigenvalue weighted by Gasteiger charge is 2.16. The van der Waals surface area contributed by atoms with Crippen LogP contribution < -0.4 is 5.73 Å². The third-order valence-corrected chi connectivity index (χ3v) is 2.29. The number of rotatable bonds is 2. The normalized spacial score (nSPS) is 10.3. The van der Waals surface area contributed by atoms with E-state index in [9.17, 15) is 10.1 Å². The van der Waals surface area contributed by atoms with E-state index in [0.717, 1.165) is 0 Å². The van der Waals surface area contributed by atoms with Gasteiger partial charge in [0.1, 0.15) is 11.5 Å². The van der Waals surface area contributed by atoms with Crippen LogP contribution in [-0.2, 0) is 7.05 Å². The molecule has 0 atom stereocenters. The second kappa shape index (κ2) is 3.65. The Labute approximate surface area is 91.5 Å². The highest BCUT2D eigenvalue weighted by Crippen LogP contribution is 2.29. The predicted octanol–water partition coefficient (Wildman–Crippen LogP) is 1.58. The van der Waals surface area contributed by atoms with E-state index in [2.05, 4.69) is 5.10 Å². The number of aromatic nitrogens is 2. The number of hydrogen-bond acceptors (Lipinski definition) is 4. The van der Waals surface area contributed by atoms with Crippen molar-refractivity contribution in [1.29, 1.82) is 0 Å². The lowest BCUT2D eigenvalue weighted by molar-refractivity contribution is -0.384. The Morgan fingerprint density at radius 1 is 1.44 bits per heavy atom. The first-order valence-electron chi connectivity index (χ1n) is 4.63. The van der Waals surface area contributed by atoms with Crippen molar-refractivity contribution in [3.63, 3.8) is 0 Å². The Bertz CT molecular complexity index is 528. The fraction of sp³-hybridized carbons (Fsp3) is 0.100. The van der Waals surface area contributed by atoms with E-state index in [0.29, 0.717) is 17.1 Å². The minimum absolute atomic E-state index is 0.0283. The number of para-hydroxylation sites is 1. The van der Waals surface area contributed by atoms with Crippen molar-refractivity contribution in [3.05, 3.63) is 40.4 Å². The van der Waals surface area contributed by atoms with Crippen molar-refractivity contribution in [2.24, 2.45) is 7.05 Å². The number of benzene rings is 1. The van der Waals surface area contributed by atoms with Crippen LogP contribution in [0.5, 0.6) is 0 Å². The maximum absolute atomic E-state index is 10.8.